The minimum absolute atomic E-state index is 0.140. The Bertz CT molecular complexity index is 1170. The second-order valence-corrected chi connectivity index (χ2v) is 8.44. The van der Waals surface area contributed by atoms with Crippen molar-refractivity contribution >= 4 is 11.6 Å². The number of benzene rings is 1. The van der Waals surface area contributed by atoms with Gasteiger partial charge < -0.3 is 9.64 Å². The molecule has 6 nitrogen and oxygen atoms in total. The molecular formula is C23H23F3N4O2. The van der Waals surface area contributed by atoms with Crippen LogP contribution in [0.2, 0.25) is 0 Å². The maximum atomic E-state index is 13.7. The van der Waals surface area contributed by atoms with Gasteiger partial charge in [0.15, 0.2) is 11.8 Å². The average Bonchev–Trinajstić information content (AvgIpc) is 3.17. The lowest BCUT2D eigenvalue weighted by Crippen LogP contribution is -2.43. The van der Waals surface area contributed by atoms with Crippen molar-refractivity contribution in [2.24, 2.45) is 0 Å². The number of aryl methyl sites for hydroxylation is 1. The van der Waals surface area contributed by atoms with Crippen LogP contribution < -0.4 is 0 Å². The predicted molar refractivity (Wildman–Crippen MR) is 110 cm³/mol. The molecule has 0 spiro atoms. The van der Waals surface area contributed by atoms with Crippen LogP contribution in [0.4, 0.5) is 13.2 Å². The van der Waals surface area contributed by atoms with E-state index in [1.165, 1.54) is 6.07 Å². The molecule has 32 heavy (non-hydrogen) atoms. The molecule has 0 radical (unpaired) electrons. The predicted octanol–water partition coefficient (Wildman–Crippen LogP) is 4.08. The Kier molecular flexibility index (Phi) is 5.16. The van der Waals surface area contributed by atoms with Crippen LogP contribution in [0.1, 0.15) is 53.1 Å². The highest BCUT2D eigenvalue weighted by molar-refractivity contribution is 5.83. The molecule has 0 bridgehead atoms. The Morgan fingerprint density at radius 1 is 1.22 bits per heavy atom. The molecule has 1 aromatic carbocycles. The number of fused-ring (bicyclic) bond motifs is 2. The highest BCUT2D eigenvalue weighted by Crippen LogP contribution is 2.35. The summed E-state index contributed by atoms with van der Waals surface area (Å²) >= 11 is 0. The van der Waals surface area contributed by atoms with Gasteiger partial charge in [0.05, 0.1) is 12.3 Å². The van der Waals surface area contributed by atoms with Gasteiger partial charge in [-0.3, -0.25) is 4.79 Å². The third-order valence-corrected chi connectivity index (χ3v) is 6.23. The van der Waals surface area contributed by atoms with Gasteiger partial charge in [-0.2, -0.15) is 18.3 Å². The number of carbonyl (C=O) groups excluding carboxylic acids is 1. The first-order valence-corrected chi connectivity index (χ1v) is 10.7. The molecule has 9 heteroatoms. The first kappa shape index (κ1) is 20.9. The van der Waals surface area contributed by atoms with Crippen molar-refractivity contribution in [3.8, 4) is 0 Å². The lowest BCUT2D eigenvalue weighted by Gasteiger charge is -2.36. The number of halogens is 3. The highest BCUT2D eigenvalue weighted by Gasteiger charge is 2.38. The maximum absolute atomic E-state index is 13.7. The molecule has 2 aromatic heterocycles. The van der Waals surface area contributed by atoms with E-state index in [0.717, 1.165) is 28.1 Å². The molecular weight excluding hydrogens is 421 g/mol. The molecule has 2 aliphatic heterocycles. The number of amides is 1. The molecule has 1 saturated heterocycles. The first-order chi connectivity index (χ1) is 15.3. The summed E-state index contributed by atoms with van der Waals surface area (Å²) in [7, 11) is 0. The van der Waals surface area contributed by atoms with Gasteiger partial charge in [0, 0.05) is 30.8 Å². The second-order valence-electron chi connectivity index (χ2n) is 8.44. The topological polar surface area (TPSA) is 59.7 Å². The van der Waals surface area contributed by atoms with E-state index in [4.69, 9.17) is 4.74 Å². The van der Waals surface area contributed by atoms with Crippen molar-refractivity contribution in [3.05, 3.63) is 64.6 Å². The fraction of sp³-hybridized carbons (Fsp3) is 0.435. The van der Waals surface area contributed by atoms with Crippen molar-refractivity contribution in [2.75, 3.05) is 19.7 Å². The van der Waals surface area contributed by atoms with Crippen LogP contribution in [0.5, 0.6) is 0 Å². The lowest BCUT2D eigenvalue weighted by molar-refractivity contribution is -0.146. The van der Waals surface area contributed by atoms with Crippen molar-refractivity contribution in [2.45, 2.75) is 44.4 Å². The van der Waals surface area contributed by atoms with Gasteiger partial charge in [-0.05, 0) is 43.4 Å². The van der Waals surface area contributed by atoms with Crippen LogP contribution in [0.15, 0.2) is 36.4 Å². The number of hydrogen-bond acceptors (Lipinski definition) is 4. The molecule has 4 heterocycles. The van der Waals surface area contributed by atoms with Crippen LogP contribution in [0, 0.1) is 6.92 Å². The summed E-state index contributed by atoms with van der Waals surface area (Å²) in [4.78, 5) is 19.5. The number of hydrogen-bond donors (Lipinski definition) is 0. The SMILES string of the molecule is Cc1cc2nc([C@H]3CCCN(C(=O)[C@@H]4OCCc5ccccc54)C3)cc(C(F)(F)F)n2n1. The molecule has 0 saturated carbocycles. The maximum Gasteiger partial charge on any atom is 0.433 e. The summed E-state index contributed by atoms with van der Waals surface area (Å²) in [6.45, 7) is 2.97. The fourth-order valence-electron chi connectivity index (χ4n) is 4.70. The van der Waals surface area contributed by atoms with Gasteiger partial charge in [0.2, 0.25) is 0 Å². The largest absolute Gasteiger partial charge is 0.433 e. The zero-order valence-corrected chi connectivity index (χ0v) is 17.6. The quantitative estimate of drug-likeness (QED) is 0.598. The Morgan fingerprint density at radius 2 is 2.03 bits per heavy atom. The summed E-state index contributed by atoms with van der Waals surface area (Å²) in [5, 5.41) is 3.94. The van der Waals surface area contributed by atoms with Gasteiger partial charge in [-0.25, -0.2) is 9.50 Å². The molecule has 1 amide bonds. The summed E-state index contributed by atoms with van der Waals surface area (Å²) in [5.74, 6) is -0.424. The molecule has 3 aromatic rings. The molecule has 5 rings (SSSR count). The summed E-state index contributed by atoms with van der Waals surface area (Å²) < 4.78 is 47.7. The number of alkyl halides is 3. The Balaban J connectivity index is 1.44. The number of piperidine rings is 1. The van der Waals surface area contributed by atoms with Crippen LogP contribution in [0.3, 0.4) is 0 Å². The number of likely N-dealkylation sites (tertiary alicyclic amines) is 1. The normalized spacial score (nSPS) is 21.6. The van der Waals surface area contributed by atoms with Crippen LogP contribution >= 0.6 is 0 Å². The van der Waals surface area contributed by atoms with E-state index in [-0.39, 0.29) is 17.5 Å². The Morgan fingerprint density at radius 3 is 2.84 bits per heavy atom. The molecule has 2 atom stereocenters. The number of nitrogens with zero attached hydrogens (tertiary/aromatic N) is 4. The fourth-order valence-corrected chi connectivity index (χ4v) is 4.70. The minimum Gasteiger partial charge on any atom is -0.363 e. The minimum atomic E-state index is -4.56. The van der Waals surface area contributed by atoms with Crippen LogP contribution in [0.25, 0.3) is 5.65 Å². The van der Waals surface area contributed by atoms with E-state index >= 15 is 0 Å². The van der Waals surface area contributed by atoms with Gasteiger partial charge in [-0.1, -0.05) is 24.3 Å². The van der Waals surface area contributed by atoms with Gasteiger partial charge in [0.25, 0.3) is 5.91 Å². The van der Waals surface area contributed by atoms with E-state index in [9.17, 15) is 18.0 Å². The summed E-state index contributed by atoms with van der Waals surface area (Å²) in [6, 6.07) is 10.4. The number of aromatic nitrogens is 3. The molecule has 1 fully saturated rings. The van der Waals surface area contributed by atoms with Gasteiger partial charge in [-0.15, -0.1) is 0 Å². The van der Waals surface area contributed by atoms with Crippen molar-refractivity contribution in [1.29, 1.82) is 0 Å². The monoisotopic (exact) mass is 444 g/mol. The van der Waals surface area contributed by atoms with Crippen molar-refractivity contribution in [1.82, 2.24) is 19.5 Å². The van der Waals surface area contributed by atoms with Crippen molar-refractivity contribution in [3.63, 3.8) is 0 Å². The van der Waals surface area contributed by atoms with Crippen LogP contribution in [-0.4, -0.2) is 45.1 Å². The van der Waals surface area contributed by atoms with E-state index in [0.29, 0.717) is 43.9 Å². The summed E-state index contributed by atoms with van der Waals surface area (Å²) in [5.41, 5.74) is 2.10. The van der Waals surface area contributed by atoms with Crippen LogP contribution in [-0.2, 0) is 22.1 Å². The number of ether oxygens (including phenoxy) is 1. The zero-order valence-electron chi connectivity index (χ0n) is 17.6. The molecule has 2 aliphatic rings. The standard InChI is InChI=1S/C23H23F3N4O2/c1-14-11-20-27-18(12-19(23(24,25)26)30(20)28-14)16-6-4-9-29(13-16)22(31)21-17-7-3-2-5-15(17)8-10-32-21/h2-3,5,7,11-12,16,21H,4,6,8-10,13H2,1H3/t16-,21+/m0/s1. The zero-order chi connectivity index (χ0) is 22.5. The molecule has 168 valence electrons. The van der Waals surface area contributed by atoms with E-state index in [1.807, 2.05) is 24.3 Å². The molecule has 0 aliphatic carbocycles. The van der Waals surface area contributed by atoms with E-state index in [1.54, 1.807) is 11.8 Å². The third kappa shape index (κ3) is 3.74. The summed E-state index contributed by atoms with van der Waals surface area (Å²) in [6.07, 6.45) is -3.11. The number of rotatable bonds is 2. The molecule has 0 unspecified atom stereocenters. The highest BCUT2D eigenvalue weighted by atomic mass is 19.4. The Hall–Kier alpha value is -2.94. The molecule has 0 N–H and O–H groups in total. The van der Waals surface area contributed by atoms with E-state index in [2.05, 4.69) is 10.1 Å². The van der Waals surface area contributed by atoms with Gasteiger partial charge >= 0.3 is 6.18 Å². The average molecular weight is 444 g/mol. The first-order valence-electron chi connectivity index (χ1n) is 10.7. The number of carbonyl (C=O) groups is 1. The lowest BCUT2D eigenvalue weighted by atomic mass is 9.92. The van der Waals surface area contributed by atoms with Gasteiger partial charge in [0.1, 0.15) is 5.69 Å². The Labute approximate surface area is 183 Å². The second kappa shape index (κ2) is 7.88. The smallest absolute Gasteiger partial charge is 0.363 e. The van der Waals surface area contributed by atoms with Crippen molar-refractivity contribution < 1.29 is 22.7 Å². The van der Waals surface area contributed by atoms with E-state index < -0.39 is 18.0 Å². The third-order valence-electron chi connectivity index (χ3n) is 6.23.